The second kappa shape index (κ2) is 10.7. The molecule has 0 spiro atoms. The predicted octanol–water partition coefficient (Wildman–Crippen LogP) is 5.12. The van der Waals surface area contributed by atoms with Crippen molar-refractivity contribution in [1.82, 2.24) is 0 Å². The maximum atomic E-state index is 13.8. The van der Waals surface area contributed by atoms with Crippen LogP contribution in [-0.4, -0.2) is 52.5 Å². The lowest BCUT2D eigenvalue weighted by Crippen LogP contribution is -2.37. The Balaban J connectivity index is 2.22. The van der Waals surface area contributed by atoms with E-state index in [9.17, 15) is 13.2 Å². The number of sulfone groups is 1. The standard InChI is InChI=1S/C26H36N2O5S/c1-5-7-14-26(6-2)18-28(20-11-9-8-10-12-20)22-16-21(27(3)4)23(33-15-13-25(29)30)17-24(22)34(31,32)19-26/h8-12,16-17H,5-7,13-15,18-19H2,1-4H3,(H,29,30)/t26-/m0/s1. The van der Waals surface area contributed by atoms with Crippen molar-refractivity contribution in [3.05, 3.63) is 42.5 Å². The maximum Gasteiger partial charge on any atom is 0.306 e. The summed E-state index contributed by atoms with van der Waals surface area (Å²) in [6.45, 7) is 4.77. The number of rotatable bonds is 10. The summed E-state index contributed by atoms with van der Waals surface area (Å²) < 4.78 is 33.5. The molecule has 186 valence electrons. The number of carboxylic acid groups (broad SMARTS) is 1. The lowest BCUT2D eigenvalue weighted by atomic mass is 9.81. The summed E-state index contributed by atoms with van der Waals surface area (Å²) in [6.07, 6.45) is 3.40. The highest BCUT2D eigenvalue weighted by Gasteiger charge is 2.42. The van der Waals surface area contributed by atoms with Crippen LogP contribution in [0.15, 0.2) is 47.4 Å². The van der Waals surface area contributed by atoms with Crippen molar-refractivity contribution in [3.8, 4) is 5.75 Å². The molecule has 1 N–H and O–H groups in total. The number of carbonyl (C=O) groups is 1. The molecule has 2 aromatic carbocycles. The second-order valence-corrected chi connectivity index (χ2v) is 11.3. The fourth-order valence-corrected chi connectivity index (χ4v) is 6.77. The monoisotopic (exact) mass is 488 g/mol. The quantitative estimate of drug-likeness (QED) is 0.497. The van der Waals surface area contributed by atoms with E-state index in [2.05, 4.69) is 18.7 Å². The van der Waals surface area contributed by atoms with Gasteiger partial charge in [0.25, 0.3) is 0 Å². The van der Waals surface area contributed by atoms with Gasteiger partial charge in [-0.1, -0.05) is 44.9 Å². The third-order valence-corrected chi connectivity index (χ3v) is 8.58. The number of unbranched alkanes of at least 4 members (excludes halogenated alkanes) is 1. The summed E-state index contributed by atoms with van der Waals surface area (Å²) in [6, 6.07) is 13.3. The Morgan fingerprint density at radius 2 is 1.88 bits per heavy atom. The van der Waals surface area contributed by atoms with Gasteiger partial charge in [-0.05, 0) is 31.0 Å². The molecule has 3 rings (SSSR count). The molecule has 0 bridgehead atoms. The normalized spacial score (nSPS) is 19.2. The van der Waals surface area contributed by atoms with Gasteiger partial charge in [0.15, 0.2) is 9.84 Å². The van der Waals surface area contributed by atoms with Crippen LogP contribution >= 0.6 is 0 Å². The Hall–Kier alpha value is -2.74. The van der Waals surface area contributed by atoms with Crippen LogP contribution in [0.3, 0.4) is 0 Å². The molecule has 1 heterocycles. The first-order valence-electron chi connectivity index (χ1n) is 11.9. The molecule has 0 unspecified atom stereocenters. The Labute approximate surface area is 203 Å². The van der Waals surface area contributed by atoms with Gasteiger partial charge < -0.3 is 19.6 Å². The average Bonchev–Trinajstić information content (AvgIpc) is 2.90. The fourth-order valence-electron chi connectivity index (χ4n) is 4.59. The Morgan fingerprint density at radius 3 is 2.47 bits per heavy atom. The highest BCUT2D eigenvalue weighted by molar-refractivity contribution is 7.91. The van der Waals surface area contributed by atoms with E-state index in [-0.39, 0.29) is 29.1 Å². The molecule has 0 saturated carbocycles. The molecule has 0 saturated heterocycles. The number of para-hydroxylation sites is 1. The molecular weight excluding hydrogens is 452 g/mol. The van der Waals surface area contributed by atoms with E-state index in [1.54, 1.807) is 6.07 Å². The number of anilines is 3. The molecule has 2 aromatic rings. The second-order valence-electron chi connectivity index (χ2n) is 9.31. The summed E-state index contributed by atoms with van der Waals surface area (Å²) in [5.74, 6) is -0.519. The number of aliphatic carboxylic acids is 1. The van der Waals surface area contributed by atoms with Crippen LogP contribution in [0.5, 0.6) is 5.75 Å². The van der Waals surface area contributed by atoms with E-state index in [1.165, 1.54) is 0 Å². The van der Waals surface area contributed by atoms with Gasteiger partial charge in [0.05, 0.1) is 35.1 Å². The van der Waals surface area contributed by atoms with Crippen molar-refractivity contribution in [1.29, 1.82) is 0 Å². The molecule has 34 heavy (non-hydrogen) atoms. The first-order valence-corrected chi connectivity index (χ1v) is 13.5. The largest absolute Gasteiger partial charge is 0.491 e. The van der Waals surface area contributed by atoms with E-state index in [0.717, 1.165) is 31.4 Å². The number of nitrogens with zero attached hydrogens (tertiary/aromatic N) is 2. The topological polar surface area (TPSA) is 87.2 Å². The van der Waals surface area contributed by atoms with E-state index in [0.29, 0.717) is 23.7 Å². The zero-order valence-electron chi connectivity index (χ0n) is 20.6. The van der Waals surface area contributed by atoms with E-state index < -0.39 is 15.8 Å². The van der Waals surface area contributed by atoms with Crippen LogP contribution in [0.25, 0.3) is 0 Å². The lowest BCUT2D eigenvalue weighted by molar-refractivity contribution is -0.137. The molecule has 0 fully saturated rings. The molecule has 7 nitrogen and oxygen atoms in total. The summed E-state index contributed by atoms with van der Waals surface area (Å²) in [4.78, 5) is 15.2. The van der Waals surface area contributed by atoms with Gasteiger partial charge in [0, 0.05) is 37.8 Å². The summed E-state index contributed by atoms with van der Waals surface area (Å²) >= 11 is 0. The minimum Gasteiger partial charge on any atom is -0.491 e. The van der Waals surface area contributed by atoms with Gasteiger partial charge in [0.1, 0.15) is 5.75 Å². The minimum absolute atomic E-state index is 0.0349. The third kappa shape index (κ3) is 5.66. The highest BCUT2D eigenvalue weighted by atomic mass is 32.2. The zero-order chi connectivity index (χ0) is 24.9. The van der Waals surface area contributed by atoms with Crippen molar-refractivity contribution < 1.29 is 23.1 Å². The number of hydrogen-bond acceptors (Lipinski definition) is 6. The molecule has 1 aliphatic heterocycles. The first kappa shape index (κ1) is 25.9. The van der Waals surface area contributed by atoms with Crippen LogP contribution < -0.4 is 14.5 Å². The van der Waals surface area contributed by atoms with Crippen molar-refractivity contribution in [2.45, 2.75) is 50.8 Å². The molecule has 8 heteroatoms. The molecule has 0 aliphatic carbocycles. The molecule has 0 amide bonds. The van der Waals surface area contributed by atoms with Gasteiger partial charge in [-0.3, -0.25) is 4.79 Å². The number of ether oxygens (including phenoxy) is 1. The number of fused-ring (bicyclic) bond motifs is 1. The number of benzene rings is 2. The van der Waals surface area contributed by atoms with Gasteiger partial charge in [-0.25, -0.2) is 8.42 Å². The highest BCUT2D eigenvalue weighted by Crippen LogP contribution is 2.47. The summed E-state index contributed by atoms with van der Waals surface area (Å²) in [7, 11) is 0.0927. The molecule has 0 radical (unpaired) electrons. The SMILES string of the molecule is CCCC[C@@]1(CC)CN(c2ccccc2)c2cc(N(C)C)c(OCCC(=O)O)cc2S(=O)(=O)C1. The van der Waals surface area contributed by atoms with Crippen LogP contribution in [-0.2, 0) is 14.6 Å². The van der Waals surface area contributed by atoms with Crippen molar-refractivity contribution in [2.75, 3.05) is 42.8 Å². The van der Waals surface area contributed by atoms with Gasteiger partial charge in [-0.2, -0.15) is 0 Å². The Kier molecular flexibility index (Phi) is 8.13. The zero-order valence-corrected chi connectivity index (χ0v) is 21.4. The van der Waals surface area contributed by atoms with Crippen LogP contribution in [0, 0.1) is 5.41 Å². The molecule has 0 aromatic heterocycles. The third-order valence-electron chi connectivity index (χ3n) is 6.59. The number of hydrogen-bond donors (Lipinski definition) is 1. The van der Waals surface area contributed by atoms with Crippen molar-refractivity contribution >= 4 is 32.9 Å². The molecular formula is C26H36N2O5S. The van der Waals surface area contributed by atoms with Crippen LogP contribution in [0.1, 0.15) is 46.0 Å². The van der Waals surface area contributed by atoms with Crippen molar-refractivity contribution in [3.63, 3.8) is 0 Å². The Bertz CT molecular complexity index is 1100. The molecule has 1 aliphatic rings. The smallest absolute Gasteiger partial charge is 0.306 e. The molecule has 1 atom stereocenters. The fraction of sp³-hybridized carbons (Fsp3) is 0.500. The van der Waals surface area contributed by atoms with Gasteiger partial charge in [-0.15, -0.1) is 0 Å². The Morgan fingerprint density at radius 1 is 1.18 bits per heavy atom. The van der Waals surface area contributed by atoms with Crippen LogP contribution in [0.4, 0.5) is 17.1 Å². The van der Waals surface area contributed by atoms with Crippen molar-refractivity contribution in [2.24, 2.45) is 5.41 Å². The average molecular weight is 489 g/mol. The summed E-state index contributed by atoms with van der Waals surface area (Å²) in [5.41, 5.74) is 1.90. The van der Waals surface area contributed by atoms with E-state index in [1.807, 2.05) is 55.4 Å². The van der Waals surface area contributed by atoms with Gasteiger partial charge in [0.2, 0.25) is 0 Å². The van der Waals surface area contributed by atoms with E-state index >= 15 is 0 Å². The van der Waals surface area contributed by atoms with E-state index in [4.69, 9.17) is 9.84 Å². The van der Waals surface area contributed by atoms with Crippen LogP contribution in [0.2, 0.25) is 0 Å². The maximum absolute atomic E-state index is 13.8. The van der Waals surface area contributed by atoms with Gasteiger partial charge >= 0.3 is 5.97 Å². The number of carboxylic acids is 1. The minimum atomic E-state index is -3.63. The first-order chi connectivity index (χ1) is 16.1. The summed E-state index contributed by atoms with van der Waals surface area (Å²) in [5, 5.41) is 9.01. The lowest BCUT2D eigenvalue weighted by Gasteiger charge is -2.36. The predicted molar refractivity (Wildman–Crippen MR) is 136 cm³/mol.